The Labute approximate surface area is 205 Å². The topological polar surface area (TPSA) is 46.4 Å². The number of hydrazone groups is 1. The Morgan fingerprint density at radius 3 is 2.71 bits per heavy atom. The third-order valence-corrected chi connectivity index (χ3v) is 8.06. The van der Waals surface area contributed by atoms with Crippen LogP contribution >= 0.6 is 11.3 Å². The van der Waals surface area contributed by atoms with Gasteiger partial charge in [0.1, 0.15) is 0 Å². The van der Waals surface area contributed by atoms with Crippen molar-refractivity contribution in [3.8, 4) is 0 Å². The Hall–Kier alpha value is -3.18. The fraction of sp³-hybridized carbons (Fsp3) is 0.310. The SMILES string of the molecule is CC(C)(C)C1CCc2c(C(=O)NN=Cc3cn(Cc4ccccc4)c4ccccc34)csc2C1. The first kappa shape index (κ1) is 22.6. The molecule has 1 amide bonds. The number of para-hydroxylation sites is 1. The molecule has 2 aromatic heterocycles. The molecule has 5 heteroatoms. The van der Waals surface area contributed by atoms with Crippen LogP contribution in [0.4, 0.5) is 0 Å². The lowest BCUT2D eigenvalue weighted by Gasteiger charge is -2.33. The van der Waals surface area contributed by atoms with E-state index in [4.69, 9.17) is 0 Å². The molecule has 1 aliphatic carbocycles. The summed E-state index contributed by atoms with van der Waals surface area (Å²) < 4.78 is 2.23. The van der Waals surface area contributed by atoms with Gasteiger partial charge in [0, 0.05) is 39.5 Å². The average Bonchev–Trinajstić information content (AvgIpc) is 3.41. The van der Waals surface area contributed by atoms with Gasteiger partial charge in [-0.2, -0.15) is 5.10 Å². The number of thiophene rings is 1. The first-order valence-corrected chi connectivity index (χ1v) is 12.8. The van der Waals surface area contributed by atoms with Gasteiger partial charge in [-0.15, -0.1) is 11.3 Å². The van der Waals surface area contributed by atoms with Crippen molar-refractivity contribution >= 4 is 34.4 Å². The molecule has 1 N–H and O–H groups in total. The highest BCUT2D eigenvalue weighted by molar-refractivity contribution is 7.10. The van der Waals surface area contributed by atoms with Crippen molar-refractivity contribution in [2.45, 2.75) is 46.6 Å². The van der Waals surface area contributed by atoms with Crippen LogP contribution in [0.5, 0.6) is 0 Å². The molecule has 0 aliphatic heterocycles. The van der Waals surface area contributed by atoms with E-state index in [0.29, 0.717) is 11.3 Å². The zero-order valence-electron chi connectivity index (χ0n) is 20.0. The van der Waals surface area contributed by atoms with Crippen LogP contribution in [0.3, 0.4) is 0 Å². The number of hydrogen-bond donors (Lipinski definition) is 1. The molecule has 4 aromatic rings. The molecule has 0 spiro atoms. The Kier molecular flexibility index (Phi) is 6.13. The van der Waals surface area contributed by atoms with Gasteiger partial charge < -0.3 is 4.57 Å². The number of aromatic nitrogens is 1. The van der Waals surface area contributed by atoms with Crippen LogP contribution in [0, 0.1) is 11.3 Å². The third kappa shape index (κ3) is 4.58. The molecule has 0 radical (unpaired) electrons. The number of nitrogens with one attached hydrogen (secondary N) is 1. The minimum Gasteiger partial charge on any atom is -0.342 e. The van der Waals surface area contributed by atoms with E-state index in [9.17, 15) is 4.79 Å². The number of amides is 1. The summed E-state index contributed by atoms with van der Waals surface area (Å²) in [6.07, 6.45) is 7.04. The molecule has 5 rings (SSSR count). The lowest BCUT2D eigenvalue weighted by Crippen LogP contribution is -2.27. The van der Waals surface area contributed by atoms with Crippen LogP contribution in [0.2, 0.25) is 0 Å². The number of carbonyl (C=O) groups is 1. The van der Waals surface area contributed by atoms with E-state index in [0.717, 1.165) is 47.8 Å². The van der Waals surface area contributed by atoms with Crippen LogP contribution in [0.1, 0.15) is 59.1 Å². The summed E-state index contributed by atoms with van der Waals surface area (Å²) in [6.45, 7) is 7.73. The van der Waals surface area contributed by atoms with Gasteiger partial charge in [-0.25, -0.2) is 5.43 Å². The average molecular weight is 470 g/mol. The molecule has 174 valence electrons. The lowest BCUT2D eigenvalue weighted by atomic mass is 9.72. The quantitative estimate of drug-likeness (QED) is 0.258. The zero-order chi connectivity index (χ0) is 23.7. The third-order valence-electron chi connectivity index (χ3n) is 7.01. The largest absolute Gasteiger partial charge is 0.342 e. The molecule has 34 heavy (non-hydrogen) atoms. The molecule has 0 saturated heterocycles. The highest BCUT2D eigenvalue weighted by Gasteiger charge is 2.31. The van der Waals surface area contributed by atoms with Crippen LogP contribution in [-0.4, -0.2) is 16.7 Å². The Bertz CT molecular complexity index is 1340. The summed E-state index contributed by atoms with van der Waals surface area (Å²) >= 11 is 1.72. The number of hydrogen-bond acceptors (Lipinski definition) is 3. The number of benzene rings is 2. The molecule has 1 aliphatic rings. The van der Waals surface area contributed by atoms with Gasteiger partial charge in [0.2, 0.25) is 0 Å². The second-order valence-electron chi connectivity index (χ2n) is 10.3. The summed E-state index contributed by atoms with van der Waals surface area (Å²) in [5.74, 6) is 0.553. The Balaban J connectivity index is 1.32. The molecule has 0 fully saturated rings. The molecule has 4 nitrogen and oxygen atoms in total. The van der Waals surface area contributed by atoms with Crippen molar-refractivity contribution in [3.63, 3.8) is 0 Å². The van der Waals surface area contributed by atoms with Gasteiger partial charge in [-0.3, -0.25) is 4.79 Å². The number of nitrogens with zero attached hydrogens (tertiary/aromatic N) is 2. The van der Waals surface area contributed by atoms with Gasteiger partial charge >= 0.3 is 0 Å². The number of carbonyl (C=O) groups excluding carboxylic acids is 1. The van der Waals surface area contributed by atoms with E-state index in [1.165, 1.54) is 16.0 Å². The van der Waals surface area contributed by atoms with Crippen molar-refractivity contribution in [2.24, 2.45) is 16.4 Å². The fourth-order valence-corrected chi connectivity index (χ4v) is 6.11. The summed E-state index contributed by atoms with van der Waals surface area (Å²) in [5.41, 5.74) is 8.48. The van der Waals surface area contributed by atoms with Crippen LogP contribution in [-0.2, 0) is 19.4 Å². The molecule has 1 unspecified atom stereocenters. The van der Waals surface area contributed by atoms with Crippen LogP contribution < -0.4 is 5.43 Å². The van der Waals surface area contributed by atoms with E-state index < -0.39 is 0 Å². The first-order valence-electron chi connectivity index (χ1n) is 11.9. The maximum absolute atomic E-state index is 12.9. The van der Waals surface area contributed by atoms with E-state index in [1.807, 2.05) is 17.5 Å². The summed E-state index contributed by atoms with van der Waals surface area (Å²) in [5, 5.41) is 7.47. The molecule has 1 atom stereocenters. The monoisotopic (exact) mass is 469 g/mol. The molecule has 2 aromatic carbocycles. The summed E-state index contributed by atoms with van der Waals surface area (Å²) in [7, 11) is 0. The van der Waals surface area contributed by atoms with Gasteiger partial charge in [-0.1, -0.05) is 69.3 Å². The maximum atomic E-state index is 12.9. The van der Waals surface area contributed by atoms with E-state index in [1.54, 1.807) is 17.6 Å². The zero-order valence-corrected chi connectivity index (χ0v) is 20.9. The highest BCUT2D eigenvalue weighted by atomic mass is 32.1. The second-order valence-corrected chi connectivity index (χ2v) is 11.2. The van der Waals surface area contributed by atoms with Gasteiger partial charge in [0.05, 0.1) is 11.8 Å². The van der Waals surface area contributed by atoms with Crippen molar-refractivity contribution in [3.05, 3.63) is 93.3 Å². The number of rotatable bonds is 5. The van der Waals surface area contributed by atoms with Gasteiger partial charge in [0.25, 0.3) is 5.91 Å². The smallest absolute Gasteiger partial charge is 0.272 e. The highest BCUT2D eigenvalue weighted by Crippen LogP contribution is 2.40. The minimum atomic E-state index is -0.115. The summed E-state index contributed by atoms with van der Waals surface area (Å²) in [6, 6.07) is 18.7. The lowest BCUT2D eigenvalue weighted by molar-refractivity contribution is 0.0954. The van der Waals surface area contributed by atoms with Gasteiger partial charge in [0.15, 0.2) is 0 Å². The number of fused-ring (bicyclic) bond motifs is 2. The minimum absolute atomic E-state index is 0.115. The van der Waals surface area contributed by atoms with E-state index in [-0.39, 0.29) is 5.91 Å². The van der Waals surface area contributed by atoms with Crippen LogP contribution in [0.25, 0.3) is 10.9 Å². The predicted octanol–water partition coefficient (Wildman–Crippen LogP) is 6.67. The normalized spacial score (nSPS) is 16.1. The van der Waals surface area contributed by atoms with Crippen molar-refractivity contribution in [1.82, 2.24) is 9.99 Å². The van der Waals surface area contributed by atoms with Crippen LogP contribution in [0.15, 0.2) is 71.3 Å². The standard InChI is InChI=1S/C29H31N3OS/c1-29(2,3)22-13-14-24-25(19-34-27(24)15-22)28(33)31-30-16-21-18-32(17-20-9-5-4-6-10-20)26-12-8-7-11-23(21)26/h4-12,16,18-19,22H,13-15,17H2,1-3H3,(H,31,33). The van der Waals surface area contributed by atoms with E-state index >= 15 is 0 Å². The van der Waals surface area contributed by atoms with E-state index in [2.05, 4.69) is 84.5 Å². The summed E-state index contributed by atoms with van der Waals surface area (Å²) in [4.78, 5) is 14.3. The molecular weight excluding hydrogens is 438 g/mol. The first-order chi connectivity index (χ1) is 16.4. The Morgan fingerprint density at radius 1 is 1.15 bits per heavy atom. The molecular formula is C29H31N3OS. The Morgan fingerprint density at radius 2 is 1.91 bits per heavy atom. The molecule has 2 heterocycles. The molecule has 0 saturated carbocycles. The van der Waals surface area contributed by atoms with Gasteiger partial charge in [-0.05, 0) is 47.8 Å². The second kappa shape index (κ2) is 9.22. The van der Waals surface area contributed by atoms with Crippen molar-refractivity contribution < 1.29 is 4.79 Å². The molecule has 0 bridgehead atoms. The predicted molar refractivity (Wildman–Crippen MR) is 142 cm³/mol. The van der Waals surface area contributed by atoms with Crippen molar-refractivity contribution in [2.75, 3.05) is 0 Å². The van der Waals surface area contributed by atoms with Crippen molar-refractivity contribution in [1.29, 1.82) is 0 Å². The fourth-order valence-electron chi connectivity index (χ4n) is 4.95. The maximum Gasteiger partial charge on any atom is 0.272 e.